The Bertz CT molecular complexity index is 773. The van der Waals surface area contributed by atoms with Crippen LogP contribution in [0.3, 0.4) is 0 Å². The summed E-state index contributed by atoms with van der Waals surface area (Å²) in [6, 6.07) is 3.14. The van der Waals surface area contributed by atoms with Crippen LogP contribution in [0.5, 0.6) is 5.75 Å². The molecule has 4 atom stereocenters. The van der Waals surface area contributed by atoms with Crippen LogP contribution in [-0.2, 0) is 25.6 Å². The Morgan fingerprint density at radius 3 is 2.13 bits per heavy atom. The number of aliphatic carboxylic acids is 1. The van der Waals surface area contributed by atoms with E-state index in [0.29, 0.717) is 12.0 Å². The number of hydrogen-bond acceptors (Lipinski definition) is 7. The number of hydrogen-bond donors (Lipinski definition) is 7. The van der Waals surface area contributed by atoms with Crippen LogP contribution >= 0.6 is 12.6 Å². The van der Waals surface area contributed by atoms with Crippen LogP contribution < -0.4 is 21.7 Å². The van der Waals surface area contributed by atoms with Crippen molar-refractivity contribution in [2.24, 2.45) is 11.7 Å². The van der Waals surface area contributed by atoms with Gasteiger partial charge in [0.25, 0.3) is 0 Å². The van der Waals surface area contributed by atoms with Gasteiger partial charge in [0.05, 0.1) is 6.04 Å². The molecule has 0 aliphatic rings. The maximum absolute atomic E-state index is 12.9. The first kappa shape index (κ1) is 26.2. The topological polar surface area (TPSA) is 171 Å². The molecule has 4 unspecified atom stereocenters. The number of thiol groups is 1. The van der Waals surface area contributed by atoms with Gasteiger partial charge in [-0.25, -0.2) is 0 Å². The second-order valence-electron chi connectivity index (χ2n) is 7.20. The fourth-order valence-corrected chi connectivity index (χ4v) is 2.87. The van der Waals surface area contributed by atoms with Crippen molar-refractivity contribution in [1.82, 2.24) is 16.0 Å². The second kappa shape index (κ2) is 12.8. The molecule has 0 aliphatic carbocycles. The van der Waals surface area contributed by atoms with E-state index in [2.05, 4.69) is 28.6 Å². The molecule has 31 heavy (non-hydrogen) atoms. The first-order valence-electron chi connectivity index (χ1n) is 9.83. The molecular weight excluding hydrogens is 424 g/mol. The van der Waals surface area contributed by atoms with Crippen molar-refractivity contribution in [3.8, 4) is 5.75 Å². The highest BCUT2D eigenvalue weighted by molar-refractivity contribution is 7.80. The van der Waals surface area contributed by atoms with Gasteiger partial charge in [-0.05, 0) is 23.6 Å². The van der Waals surface area contributed by atoms with Gasteiger partial charge < -0.3 is 31.9 Å². The lowest BCUT2D eigenvalue weighted by atomic mass is 9.98. The van der Waals surface area contributed by atoms with E-state index in [1.54, 1.807) is 12.1 Å². The van der Waals surface area contributed by atoms with Gasteiger partial charge in [-0.3, -0.25) is 19.2 Å². The summed E-state index contributed by atoms with van der Waals surface area (Å²) in [5.74, 6) is -3.23. The molecule has 0 aromatic heterocycles. The summed E-state index contributed by atoms with van der Waals surface area (Å²) in [5, 5.41) is 25.4. The van der Waals surface area contributed by atoms with Gasteiger partial charge in [0.2, 0.25) is 17.7 Å². The Labute approximate surface area is 186 Å². The number of nitrogens with one attached hydrogen (secondary N) is 3. The lowest BCUT2D eigenvalue weighted by Gasteiger charge is -2.25. The average Bonchev–Trinajstić information content (AvgIpc) is 2.75. The lowest BCUT2D eigenvalue weighted by Crippen LogP contribution is -2.57. The van der Waals surface area contributed by atoms with Crippen LogP contribution in [0.2, 0.25) is 0 Å². The lowest BCUT2D eigenvalue weighted by molar-refractivity contribution is -0.138. The predicted octanol–water partition coefficient (Wildman–Crippen LogP) is -0.592. The molecule has 0 heterocycles. The predicted molar refractivity (Wildman–Crippen MR) is 118 cm³/mol. The Morgan fingerprint density at radius 2 is 1.61 bits per heavy atom. The Hall–Kier alpha value is -2.79. The second-order valence-corrected chi connectivity index (χ2v) is 7.56. The highest BCUT2D eigenvalue weighted by Gasteiger charge is 2.29. The minimum atomic E-state index is -1.23. The van der Waals surface area contributed by atoms with Gasteiger partial charge in [0, 0.05) is 12.2 Å². The molecule has 0 bridgehead atoms. The zero-order chi connectivity index (χ0) is 23.6. The van der Waals surface area contributed by atoms with Crippen LogP contribution in [0.4, 0.5) is 0 Å². The van der Waals surface area contributed by atoms with Crippen LogP contribution in [0.15, 0.2) is 24.3 Å². The number of carboxylic acids is 1. The molecule has 7 N–H and O–H groups in total. The first-order valence-corrected chi connectivity index (χ1v) is 10.5. The van der Waals surface area contributed by atoms with Crippen LogP contribution in [0.25, 0.3) is 0 Å². The number of rotatable bonds is 12. The minimum absolute atomic E-state index is 0.0535. The van der Waals surface area contributed by atoms with E-state index in [4.69, 9.17) is 10.8 Å². The van der Waals surface area contributed by atoms with Crippen molar-refractivity contribution >= 4 is 36.3 Å². The first-order chi connectivity index (χ1) is 14.6. The van der Waals surface area contributed by atoms with Crippen LogP contribution in [0, 0.1) is 5.92 Å². The molecule has 0 aliphatic heterocycles. The van der Waals surface area contributed by atoms with Gasteiger partial charge >= 0.3 is 5.97 Å². The van der Waals surface area contributed by atoms with Gasteiger partial charge in [0.15, 0.2) is 0 Å². The van der Waals surface area contributed by atoms with Crippen LogP contribution in [-0.4, -0.2) is 64.3 Å². The normalized spacial score (nSPS) is 14.6. The third-order valence-corrected chi connectivity index (χ3v) is 5.16. The summed E-state index contributed by atoms with van der Waals surface area (Å²) in [5.41, 5.74) is 6.63. The van der Waals surface area contributed by atoms with Crippen molar-refractivity contribution in [3.05, 3.63) is 29.8 Å². The number of carbonyl (C=O) groups excluding carboxylic acids is 3. The maximum Gasteiger partial charge on any atom is 0.322 e. The quantitative estimate of drug-likeness (QED) is 0.207. The SMILES string of the molecule is CCC(C)C(N)C(=O)NC(Cc1ccc(O)cc1)C(=O)NC(CS)C(=O)NCC(=O)O. The van der Waals surface area contributed by atoms with E-state index < -0.39 is 48.4 Å². The molecule has 3 amide bonds. The monoisotopic (exact) mass is 454 g/mol. The van der Waals surface area contributed by atoms with Crippen molar-refractivity contribution in [3.63, 3.8) is 0 Å². The summed E-state index contributed by atoms with van der Waals surface area (Å²) in [4.78, 5) is 48.2. The molecule has 0 fully saturated rings. The number of carboxylic acid groups (broad SMARTS) is 1. The molecule has 1 aromatic carbocycles. The number of nitrogens with two attached hydrogens (primary N) is 1. The number of benzene rings is 1. The summed E-state index contributed by atoms with van der Waals surface area (Å²) >= 11 is 4.04. The molecule has 172 valence electrons. The Kier molecular flexibility index (Phi) is 10.8. The Balaban J connectivity index is 2.97. The molecular formula is C20H30N4O6S. The minimum Gasteiger partial charge on any atom is -0.508 e. The van der Waals surface area contributed by atoms with Gasteiger partial charge in [0.1, 0.15) is 24.4 Å². The zero-order valence-corrected chi connectivity index (χ0v) is 18.4. The summed E-state index contributed by atoms with van der Waals surface area (Å²) in [7, 11) is 0. The highest BCUT2D eigenvalue weighted by Crippen LogP contribution is 2.12. The van der Waals surface area contributed by atoms with Crippen molar-refractivity contribution in [2.75, 3.05) is 12.3 Å². The zero-order valence-electron chi connectivity index (χ0n) is 17.5. The van der Waals surface area contributed by atoms with Gasteiger partial charge in [-0.15, -0.1) is 0 Å². The summed E-state index contributed by atoms with van der Waals surface area (Å²) in [6.07, 6.45) is 0.760. The molecule has 1 aromatic rings. The fourth-order valence-electron chi connectivity index (χ4n) is 2.61. The standard InChI is InChI=1S/C20H30N4O6S/c1-3-11(2)17(21)20(30)23-14(8-12-4-6-13(25)7-5-12)19(29)24-15(10-31)18(28)22-9-16(26)27/h4-7,11,14-15,17,25,31H,3,8-10,21H2,1-2H3,(H,22,28)(H,23,30)(H,24,29)(H,26,27). The molecule has 11 heteroatoms. The fraction of sp³-hybridized carbons (Fsp3) is 0.500. The number of phenols is 1. The van der Waals surface area contributed by atoms with Crippen molar-refractivity contribution in [2.45, 2.75) is 44.8 Å². The number of phenolic OH excluding ortho intramolecular Hbond substituents is 1. The molecule has 0 spiro atoms. The van der Waals surface area contributed by atoms with E-state index in [0.717, 1.165) is 0 Å². The molecule has 0 saturated heterocycles. The number of amides is 3. The van der Waals surface area contributed by atoms with E-state index >= 15 is 0 Å². The van der Waals surface area contributed by atoms with Crippen molar-refractivity contribution < 1.29 is 29.4 Å². The number of carbonyl (C=O) groups is 4. The van der Waals surface area contributed by atoms with E-state index in [9.17, 15) is 24.3 Å². The van der Waals surface area contributed by atoms with Crippen molar-refractivity contribution in [1.29, 1.82) is 0 Å². The molecule has 0 saturated carbocycles. The summed E-state index contributed by atoms with van der Waals surface area (Å²) in [6.45, 7) is 3.12. The largest absolute Gasteiger partial charge is 0.508 e. The van der Waals surface area contributed by atoms with Crippen LogP contribution in [0.1, 0.15) is 25.8 Å². The maximum atomic E-state index is 12.9. The molecule has 10 nitrogen and oxygen atoms in total. The van der Waals surface area contributed by atoms with E-state index in [-0.39, 0.29) is 23.8 Å². The smallest absolute Gasteiger partial charge is 0.322 e. The molecule has 0 radical (unpaired) electrons. The highest BCUT2D eigenvalue weighted by atomic mass is 32.1. The van der Waals surface area contributed by atoms with Gasteiger partial charge in [-0.2, -0.15) is 12.6 Å². The van der Waals surface area contributed by atoms with Gasteiger partial charge in [-0.1, -0.05) is 32.4 Å². The average molecular weight is 455 g/mol. The summed E-state index contributed by atoms with van der Waals surface area (Å²) < 4.78 is 0. The van der Waals surface area contributed by atoms with E-state index in [1.807, 2.05) is 13.8 Å². The number of aromatic hydroxyl groups is 1. The molecule has 1 rings (SSSR count). The third kappa shape index (κ3) is 8.85. The third-order valence-electron chi connectivity index (χ3n) is 4.80. The van der Waals surface area contributed by atoms with E-state index in [1.165, 1.54) is 12.1 Å². The Morgan fingerprint density at radius 1 is 1.03 bits per heavy atom.